The Kier molecular flexibility index (Phi) is 17.7. The molecule has 7 aromatic carbocycles. The largest absolute Gasteiger partial charge is 0.417 e. The fraction of sp³-hybridized carbons (Fsp3) is 0.161. The van der Waals surface area contributed by atoms with Crippen molar-refractivity contribution in [2.24, 2.45) is 0 Å². The molecule has 0 saturated heterocycles. The van der Waals surface area contributed by atoms with Gasteiger partial charge in [-0.3, -0.25) is 4.79 Å². The van der Waals surface area contributed by atoms with E-state index in [1.54, 1.807) is 41.1 Å². The number of rotatable bonds is 9. The van der Waals surface area contributed by atoms with Gasteiger partial charge in [0.25, 0.3) is 5.69 Å². The second-order valence-electron chi connectivity index (χ2n) is 18.7. The Balaban J connectivity index is 0.000000302. The maximum Gasteiger partial charge on any atom is 0.416 e. The van der Waals surface area contributed by atoms with Crippen LogP contribution in [0.1, 0.15) is 65.4 Å². The predicted octanol–water partition coefficient (Wildman–Crippen LogP) is 15.7. The van der Waals surface area contributed by atoms with Crippen LogP contribution < -0.4 is 31.2 Å². The molecule has 454 valence electrons. The van der Waals surface area contributed by atoms with E-state index in [0.717, 1.165) is 10.8 Å². The molecule has 0 fully saturated rings. The van der Waals surface area contributed by atoms with Crippen molar-refractivity contribution in [2.75, 3.05) is 0 Å². The van der Waals surface area contributed by atoms with Crippen LogP contribution in [0.15, 0.2) is 169 Å². The zero-order valence-corrected chi connectivity index (χ0v) is 43.0. The lowest BCUT2D eigenvalue weighted by Crippen LogP contribution is -2.75. The Morgan fingerprint density at radius 2 is 0.686 bits per heavy atom. The van der Waals surface area contributed by atoms with Crippen LogP contribution in [0.4, 0.5) is 105 Å². The molecule has 1 aromatic heterocycles. The summed E-state index contributed by atoms with van der Waals surface area (Å²) >= 11 is 4.35. The van der Waals surface area contributed by atoms with Crippen LogP contribution in [-0.4, -0.2) is 17.9 Å². The lowest BCUT2D eigenvalue weighted by molar-refractivity contribution is -0.684. The normalized spacial score (nSPS) is 13.1. The average molecular weight is 1260 g/mol. The van der Waals surface area contributed by atoms with E-state index in [4.69, 9.17) is 4.74 Å². The van der Waals surface area contributed by atoms with Crippen LogP contribution >= 0.6 is 12.6 Å². The molecule has 86 heavy (non-hydrogen) atoms. The molecule has 0 N–H and O–H groups in total. The number of hydrogen-bond acceptors (Lipinski definition) is 4. The first kappa shape index (κ1) is 65.4. The van der Waals surface area contributed by atoms with Crippen LogP contribution in [0.3, 0.4) is 0 Å². The minimum atomic E-state index is -6.13. The topological polar surface area (TPSA) is 47.2 Å². The monoisotopic (exact) mass is 1260 g/mol. The number of para-hydroxylation sites is 1. The van der Waals surface area contributed by atoms with E-state index in [9.17, 15) is 115 Å². The van der Waals surface area contributed by atoms with Gasteiger partial charge in [-0.25, -0.2) is 4.79 Å². The molecular formula is C56H30BF24NO3S. The lowest BCUT2D eigenvalue weighted by Gasteiger charge is -2.46. The highest BCUT2D eigenvalue weighted by atomic mass is 32.1. The van der Waals surface area contributed by atoms with Gasteiger partial charge < -0.3 is 4.74 Å². The molecule has 30 heteroatoms. The second kappa shape index (κ2) is 23.3. The smallest absolute Gasteiger partial charge is 0.416 e. The number of thiol groups is 1. The summed E-state index contributed by atoms with van der Waals surface area (Å²) in [7, 11) is 0. The number of fused-ring (bicyclic) bond motifs is 1. The van der Waals surface area contributed by atoms with Crippen molar-refractivity contribution >= 4 is 63.2 Å². The first-order chi connectivity index (χ1) is 39.4. The molecule has 0 saturated carbocycles. The van der Waals surface area contributed by atoms with Gasteiger partial charge >= 0.3 is 55.4 Å². The maximum absolute atomic E-state index is 14.2. The van der Waals surface area contributed by atoms with E-state index in [2.05, 4.69) is 12.6 Å². The summed E-state index contributed by atoms with van der Waals surface area (Å²) in [5.74, 6) is -0.256. The maximum atomic E-state index is 14.2. The fourth-order valence-corrected chi connectivity index (χ4v) is 9.46. The Hall–Kier alpha value is -8.18. The minimum Gasteiger partial charge on any atom is -0.417 e. The number of carbonyl (C=O) groups excluding carboxylic acids is 2. The Morgan fingerprint density at radius 1 is 0.384 bits per heavy atom. The zero-order chi connectivity index (χ0) is 64.1. The van der Waals surface area contributed by atoms with Gasteiger partial charge in [0, 0.05) is 16.5 Å². The summed E-state index contributed by atoms with van der Waals surface area (Å²) in [6.45, 7) is 0.0296. The summed E-state index contributed by atoms with van der Waals surface area (Å²) in [4.78, 5) is 26.4. The Labute approximate surface area is 472 Å². The van der Waals surface area contributed by atoms with Crippen LogP contribution in [-0.2, 0) is 56.0 Å². The molecule has 0 radical (unpaired) electrons. The summed E-state index contributed by atoms with van der Waals surface area (Å²) in [5, 5.41) is 1.61. The number of pyridine rings is 1. The predicted molar refractivity (Wildman–Crippen MR) is 264 cm³/mol. The van der Waals surface area contributed by atoms with Crippen LogP contribution in [0.2, 0.25) is 0 Å². The van der Waals surface area contributed by atoms with Crippen LogP contribution in [0, 0.1) is 0 Å². The van der Waals surface area contributed by atoms with Gasteiger partial charge in [0.1, 0.15) is 11.9 Å². The number of carbonyl (C=O) groups is 2. The number of aromatic nitrogens is 1. The molecule has 8 rings (SSSR count). The standard InChI is InChI=1S/C32H12BF24.C24H17NO3S/c34-25(35,36)13-1-14(26(37,38)39)6-21(5-13)33(22-7-15(27(40,41)42)2-16(8-22)28(43,44)45,23-9-17(29(46,47)48)3-18(10-23)30(49,50)51)24-11-19(31(52,53)54)4-20(12-24)32(55,56)57;26-20(18-9-2-1-3-10-18)16-25-15-14-17-8-4-5-11-19(17)23(25)24(27)28-21-12-6-7-13-22(21)29/h1-12H;1-15H,16H2/q-1;/p+1. The quantitative estimate of drug-likeness (QED) is 0.0298. The molecule has 0 atom stereocenters. The van der Waals surface area contributed by atoms with Crippen molar-refractivity contribution in [3.63, 3.8) is 0 Å². The first-order valence-corrected chi connectivity index (χ1v) is 24.2. The van der Waals surface area contributed by atoms with Gasteiger partial charge in [0.2, 0.25) is 12.3 Å². The molecule has 0 bridgehead atoms. The van der Waals surface area contributed by atoms with Gasteiger partial charge in [-0.1, -0.05) is 109 Å². The highest BCUT2D eigenvalue weighted by Gasteiger charge is 2.47. The third kappa shape index (κ3) is 14.5. The summed E-state index contributed by atoms with van der Waals surface area (Å²) in [6, 6.07) is 16.6. The van der Waals surface area contributed by atoms with E-state index in [1.165, 1.54) is 0 Å². The molecule has 0 aliphatic rings. The molecule has 0 aliphatic heterocycles. The summed E-state index contributed by atoms with van der Waals surface area (Å²) in [6.07, 6.45) is -53.1. The minimum absolute atomic E-state index is 0.0296. The van der Waals surface area contributed by atoms with Gasteiger partial charge in [0.05, 0.1) is 49.9 Å². The molecular weight excluding hydrogens is 1230 g/mol. The van der Waals surface area contributed by atoms with Crippen molar-refractivity contribution in [2.45, 2.75) is 60.9 Å². The molecule has 0 spiro atoms. The number of ketones is 1. The number of hydrogen-bond donors (Lipinski definition) is 1. The number of halogens is 24. The first-order valence-electron chi connectivity index (χ1n) is 23.7. The van der Waals surface area contributed by atoms with E-state index in [0.29, 0.717) is 21.9 Å². The van der Waals surface area contributed by atoms with Crippen molar-refractivity contribution < 1.29 is 124 Å². The van der Waals surface area contributed by atoms with Crippen molar-refractivity contribution in [1.29, 1.82) is 0 Å². The zero-order valence-electron chi connectivity index (χ0n) is 42.1. The number of ether oxygens (including phenoxy) is 1. The van der Waals surface area contributed by atoms with Crippen molar-refractivity contribution in [1.82, 2.24) is 0 Å². The van der Waals surface area contributed by atoms with Gasteiger partial charge in [0.15, 0.2) is 6.20 Å². The summed E-state index contributed by atoms with van der Waals surface area (Å²) < 4.78 is 348. The van der Waals surface area contributed by atoms with Crippen molar-refractivity contribution in [3.8, 4) is 5.75 Å². The number of esters is 1. The number of nitrogens with zero attached hydrogens (tertiary/aromatic N) is 1. The number of Topliss-reactive ketones (excluding diaryl/α,β-unsaturated/α-hetero) is 1. The van der Waals surface area contributed by atoms with Gasteiger partial charge in [-0.15, -0.1) is 12.6 Å². The van der Waals surface area contributed by atoms with Gasteiger partial charge in [-0.05, 0) is 47.9 Å². The molecule has 0 aliphatic carbocycles. The fourth-order valence-electron chi connectivity index (χ4n) is 9.25. The van der Waals surface area contributed by atoms with Crippen LogP contribution in [0.25, 0.3) is 10.8 Å². The highest BCUT2D eigenvalue weighted by Crippen LogP contribution is 2.42. The molecule has 8 aromatic rings. The van der Waals surface area contributed by atoms with Gasteiger partial charge in [-0.2, -0.15) is 132 Å². The molecule has 0 unspecified atom stereocenters. The molecule has 4 nitrogen and oxygen atoms in total. The molecule has 0 amide bonds. The third-order valence-corrected chi connectivity index (χ3v) is 13.4. The van der Waals surface area contributed by atoms with E-state index < -0.39 is 201 Å². The van der Waals surface area contributed by atoms with E-state index >= 15 is 0 Å². The number of benzene rings is 7. The highest BCUT2D eigenvalue weighted by molar-refractivity contribution is 7.80. The number of alkyl halides is 24. The second-order valence-corrected chi connectivity index (χ2v) is 19.2. The molecule has 1 heterocycles. The van der Waals surface area contributed by atoms with Crippen molar-refractivity contribution in [3.05, 3.63) is 220 Å². The Bertz CT molecular complexity index is 3410. The van der Waals surface area contributed by atoms with E-state index in [1.807, 2.05) is 54.6 Å². The SMILES string of the molecule is FC(F)(F)c1cc([B-](c2cc(C(F)(F)F)cc(C(F)(F)F)c2)(c2cc(C(F)(F)F)cc(C(F)(F)F)c2)c2cc(C(F)(F)F)cc(C(F)(F)F)c2)cc(C(F)(F)F)c1.O=C(C[n+]1ccc2ccccc2c1C(=O)Oc1ccccc1S)c1ccccc1. The average Bonchev–Trinajstić information content (AvgIpc) is 0.720. The van der Waals surface area contributed by atoms with E-state index in [-0.39, 0.29) is 12.3 Å². The summed E-state index contributed by atoms with van der Waals surface area (Å²) in [5.41, 5.74) is -29.3. The third-order valence-electron chi connectivity index (χ3n) is 13.0. The Morgan fingerprint density at radius 3 is 1.01 bits per heavy atom. The van der Waals surface area contributed by atoms with Crippen LogP contribution in [0.5, 0.6) is 5.75 Å². The lowest BCUT2D eigenvalue weighted by atomic mass is 9.12.